The number of carbonyl (C=O) groups is 1. The fourth-order valence-electron chi connectivity index (χ4n) is 4.19. The number of piperidine rings is 1. The van der Waals surface area contributed by atoms with E-state index in [9.17, 15) is 4.79 Å². The van der Waals surface area contributed by atoms with Crippen molar-refractivity contribution < 1.29 is 9.53 Å². The van der Waals surface area contributed by atoms with Crippen molar-refractivity contribution in [3.8, 4) is 0 Å². The maximum absolute atomic E-state index is 13.1. The van der Waals surface area contributed by atoms with Gasteiger partial charge in [-0.3, -0.25) is 4.79 Å². The van der Waals surface area contributed by atoms with E-state index < -0.39 is 0 Å². The van der Waals surface area contributed by atoms with Gasteiger partial charge < -0.3 is 15.0 Å². The third-order valence-corrected chi connectivity index (χ3v) is 6.50. The first kappa shape index (κ1) is 15.6. The predicted octanol–water partition coefficient (Wildman–Crippen LogP) is 2.64. The van der Waals surface area contributed by atoms with Gasteiger partial charge in [0.15, 0.2) is 0 Å². The molecule has 23 heavy (non-hydrogen) atoms. The first-order valence-corrected chi connectivity index (χ1v) is 9.82. The summed E-state index contributed by atoms with van der Waals surface area (Å²) in [6, 6.07) is 2.59. The van der Waals surface area contributed by atoms with E-state index in [0.717, 1.165) is 26.1 Å². The van der Waals surface area contributed by atoms with Crippen molar-refractivity contribution in [2.45, 2.75) is 51.3 Å². The number of thiophene rings is 1. The molecule has 3 fully saturated rings. The number of nitrogens with one attached hydrogen (secondary N) is 1. The zero-order valence-electron chi connectivity index (χ0n) is 13.8. The van der Waals surface area contributed by atoms with Gasteiger partial charge in [-0.05, 0) is 73.5 Å². The van der Waals surface area contributed by atoms with E-state index in [1.165, 1.54) is 24.8 Å². The van der Waals surface area contributed by atoms with Crippen molar-refractivity contribution in [3.63, 3.8) is 0 Å². The highest BCUT2D eigenvalue weighted by molar-refractivity contribution is 7.07. The minimum absolute atomic E-state index is 0.105. The fraction of sp³-hybridized carbons (Fsp3) is 0.722. The van der Waals surface area contributed by atoms with E-state index >= 15 is 0 Å². The summed E-state index contributed by atoms with van der Waals surface area (Å²) in [5.41, 5.74) is 1.67. The molecule has 3 unspecified atom stereocenters. The van der Waals surface area contributed by atoms with Gasteiger partial charge in [0, 0.05) is 19.2 Å². The molecule has 5 heteroatoms. The second-order valence-electron chi connectivity index (χ2n) is 7.27. The van der Waals surface area contributed by atoms with Gasteiger partial charge >= 0.3 is 0 Å². The van der Waals surface area contributed by atoms with Crippen LogP contribution in [0.4, 0.5) is 0 Å². The Morgan fingerprint density at radius 1 is 1.48 bits per heavy atom. The van der Waals surface area contributed by atoms with E-state index in [1.807, 2.05) is 6.92 Å². The molecule has 126 valence electrons. The summed E-state index contributed by atoms with van der Waals surface area (Å²) in [6.07, 6.45) is 4.69. The van der Waals surface area contributed by atoms with Crippen LogP contribution in [-0.4, -0.2) is 42.6 Å². The first-order chi connectivity index (χ1) is 11.2. The minimum atomic E-state index is 0.105. The first-order valence-electron chi connectivity index (χ1n) is 8.87. The summed E-state index contributed by atoms with van der Waals surface area (Å²) in [4.78, 5) is 15.2. The van der Waals surface area contributed by atoms with Crippen LogP contribution in [0.5, 0.6) is 0 Å². The third kappa shape index (κ3) is 3.06. The summed E-state index contributed by atoms with van der Waals surface area (Å²) >= 11 is 1.71. The number of nitrogens with zero attached hydrogens (tertiary/aromatic N) is 1. The highest BCUT2D eigenvalue weighted by Gasteiger charge is 2.59. The number of hydrogen-bond acceptors (Lipinski definition) is 4. The van der Waals surface area contributed by atoms with Gasteiger partial charge in [-0.1, -0.05) is 0 Å². The summed E-state index contributed by atoms with van der Waals surface area (Å²) < 4.78 is 5.65. The molecule has 1 aromatic rings. The molecule has 2 saturated carbocycles. The van der Waals surface area contributed by atoms with Crippen LogP contribution in [-0.2, 0) is 16.1 Å². The Hall–Kier alpha value is -0.910. The van der Waals surface area contributed by atoms with E-state index in [-0.39, 0.29) is 12.0 Å². The highest BCUT2D eigenvalue weighted by atomic mass is 32.1. The summed E-state index contributed by atoms with van der Waals surface area (Å²) in [5, 5.41) is 7.73. The Labute approximate surface area is 142 Å². The van der Waals surface area contributed by atoms with Crippen molar-refractivity contribution in [1.82, 2.24) is 10.2 Å². The van der Waals surface area contributed by atoms with E-state index in [0.29, 0.717) is 24.0 Å². The normalized spacial score (nSPS) is 31.1. The summed E-state index contributed by atoms with van der Waals surface area (Å²) in [7, 11) is 0. The molecule has 1 aliphatic heterocycles. The topological polar surface area (TPSA) is 41.6 Å². The lowest BCUT2D eigenvalue weighted by atomic mass is 9.93. The Balaban J connectivity index is 1.47. The number of rotatable bonds is 6. The van der Waals surface area contributed by atoms with Crippen molar-refractivity contribution in [2.24, 2.45) is 11.3 Å². The zero-order valence-corrected chi connectivity index (χ0v) is 14.6. The standard InChI is InChI=1S/C18H26N2O2S/c1-2-22-15-9-14(15)17(21)20(11-13-3-8-23-12-13)16-10-18(16)4-6-19-7-5-18/h3,8,12,14-16,19H,2,4-7,9-11H2,1H3. The molecule has 0 bridgehead atoms. The number of carbonyl (C=O) groups excluding carboxylic acids is 1. The van der Waals surface area contributed by atoms with Crippen LogP contribution >= 0.6 is 11.3 Å². The largest absolute Gasteiger partial charge is 0.378 e. The van der Waals surface area contributed by atoms with E-state index in [4.69, 9.17) is 4.74 Å². The number of ether oxygens (including phenoxy) is 1. The van der Waals surface area contributed by atoms with E-state index in [1.54, 1.807) is 11.3 Å². The van der Waals surface area contributed by atoms with Crippen LogP contribution in [0.1, 0.15) is 38.2 Å². The smallest absolute Gasteiger partial charge is 0.228 e. The van der Waals surface area contributed by atoms with Crippen LogP contribution in [0.2, 0.25) is 0 Å². The molecular weight excluding hydrogens is 308 g/mol. The van der Waals surface area contributed by atoms with Crippen LogP contribution in [0.3, 0.4) is 0 Å². The van der Waals surface area contributed by atoms with Gasteiger partial charge in [0.05, 0.1) is 12.0 Å². The molecule has 0 aromatic carbocycles. The molecule has 3 atom stereocenters. The lowest BCUT2D eigenvalue weighted by molar-refractivity contribution is -0.135. The monoisotopic (exact) mass is 334 g/mol. The van der Waals surface area contributed by atoms with Crippen LogP contribution in [0.15, 0.2) is 16.8 Å². The maximum Gasteiger partial charge on any atom is 0.228 e. The average molecular weight is 334 g/mol. The number of amides is 1. The van der Waals surface area contributed by atoms with Crippen molar-refractivity contribution in [3.05, 3.63) is 22.4 Å². The Bertz CT molecular complexity index is 553. The van der Waals surface area contributed by atoms with Gasteiger partial charge in [0.2, 0.25) is 5.91 Å². The lowest BCUT2D eigenvalue weighted by Gasteiger charge is -2.29. The predicted molar refractivity (Wildman–Crippen MR) is 91.3 cm³/mol. The molecule has 1 aromatic heterocycles. The van der Waals surface area contributed by atoms with Crippen molar-refractivity contribution in [2.75, 3.05) is 19.7 Å². The molecule has 1 saturated heterocycles. The molecule has 3 aliphatic rings. The molecule has 2 heterocycles. The highest BCUT2D eigenvalue weighted by Crippen LogP contribution is 2.57. The van der Waals surface area contributed by atoms with Crippen molar-refractivity contribution >= 4 is 17.2 Å². The molecule has 0 radical (unpaired) electrons. The van der Waals surface area contributed by atoms with Gasteiger partial charge in [0.25, 0.3) is 0 Å². The lowest BCUT2D eigenvalue weighted by Crippen LogP contribution is -2.40. The molecular formula is C18H26N2O2S. The van der Waals surface area contributed by atoms with Gasteiger partial charge in [-0.2, -0.15) is 11.3 Å². The maximum atomic E-state index is 13.1. The zero-order chi connectivity index (χ0) is 15.9. The average Bonchev–Trinajstić information content (AvgIpc) is 3.41. The molecule has 4 rings (SSSR count). The summed E-state index contributed by atoms with van der Waals surface area (Å²) in [5.74, 6) is 0.433. The second-order valence-corrected chi connectivity index (χ2v) is 8.05. The summed E-state index contributed by atoms with van der Waals surface area (Å²) in [6.45, 7) is 5.69. The molecule has 1 spiro atoms. The van der Waals surface area contributed by atoms with Crippen LogP contribution in [0.25, 0.3) is 0 Å². The Morgan fingerprint density at radius 3 is 3.00 bits per heavy atom. The van der Waals surface area contributed by atoms with Crippen LogP contribution < -0.4 is 5.32 Å². The Kier molecular flexibility index (Phi) is 4.20. The SMILES string of the molecule is CCOC1CC1C(=O)N(Cc1ccsc1)C1CC12CCNCC2. The molecule has 1 N–H and O–H groups in total. The number of hydrogen-bond donors (Lipinski definition) is 1. The van der Waals surface area contributed by atoms with Gasteiger partial charge in [0.1, 0.15) is 0 Å². The van der Waals surface area contributed by atoms with Crippen LogP contribution in [0, 0.1) is 11.3 Å². The quantitative estimate of drug-likeness (QED) is 0.869. The Morgan fingerprint density at radius 2 is 2.30 bits per heavy atom. The molecule has 2 aliphatic carbocycles. The van der Waals surface area contributed by atoms with Gasteiger partial charge in [-0.25, -0.2) is 0 Å². The van der Waals surface area contributed by atoms with Crippen molar-refractivity contribution in [1.29, 1.82) is 0 Å². The third-order valence-electron chi connectivity index (χ3n) is 5.77. The molecule has 1 amide bonds. The minimum Gasteiger partial charge on any atom is -0.378 e. The van der Waals surface area contributed by atoms with E-state index in [2.05, 4.69) is 27.0 Å². The molecule has 4 nitrogen and oxygen atoms in total. The fourth-order valence-corrected chi connectivity index (χ4v) is 4.85. The second kappa shape index (κ2) is 6.19. The van der Waals surface area contributed by atoms with Gasteiger partial charge in [-0.15, -0.1) is 0 Å².